The minimum atomic E-state index is -0.153. The van der Waals surface area contributed by atoms with Crippen molar-refractivity contribution in [3.8, 4) is 17.5 Å². The summed E-state index contributed by atoms with van der Waals surface area (Å²) in [4.78, 5) is 12.5. The van der Waals surface area contributed by atoms with Crippen LogP contribution >= 0.6 is 0 Å². The number of nitrogens with zero attached hydrogens (tertiary/aromatic N) is 2. The summed E-state index contributed by atoms with van der Waals surface area (Å²) >= 11 is 0. The van der Waals surface area contributed by atoms with E-state index in [-0.39, 0.29) is 5.91 Å². The van der Waals surface area contributed by atoms with Crippen LogP contribution in [-0.2, 0) is 0 Å². The molecule has 4 nitrogen and oxygen atoms in total. The number of rotatable bonds is 3. The third-order valence-electron chi connectivity index (χ3n) is 3.86. The van der Waals surface area contributed by atoms with E-state index in [1.165, 1.54) is 0 Å². The topological polar surface area (TPSA) is 46.9 Å². The Bertz CT molecular complexity index is 932. The Labute approximate surface area is 147 Å². The lowest BCUT2D eigenvalue weighted by molar-refractivity contribution is 0.0957. The molecule has 0 atom stereocenters. The van der Waals surface area contributed by atoms with Gasteiger partial charge in [-0.1, -0.05) is 48.2 Å². The zero-order valence-corrected chi connectivity index (χ0v) is 14.3. The monoisotopic (exact) mass is 329 g/mol. The first-order valence-corrected chi connectivity index (χ1v) is 8.10. The molecule has 0 aliphatic carbocycles. The van der Waals surface area contributed by atoms with Crippen molar-refractivity contribution < 1.29 is 4.79 Å². The molecule has 1 amide bonds. The van der Waals surface area contributed by atoms with E-state index in [4.69, 9.17) is 0 Å². The van der Waals surface area contributed by atoms with E-state index in [9.17, 15) is 4.79 Å². The molecule has 124 valence electrons. The fourth-order valence-electron chi connectivity index (χ4n) is 2.67. The van der Waals surface area contributed by atoms with Crippen LogP contribution in [0.2, 0.25) is 0 Å². The second-order valence-electron chi connectivity index (χ2n) is 5.64. The molecule has 0 spiro atoms. The van der Waals surface area contributed by atoms with Crippen LogP contribution in [0.15, 0.2) is 60.7 Å². The first kappa shape index (κ1) is 16.5. The molecule has 3 rings (SSSR count). The van der Waals surface area contributed by atoms with E-state index in [2.05, 4.69) is 22.3 Å². The molecule has 0 unspecified atom stereocenters. The summed E-state index contributed by atoms with van der Waals surface area (Å²) in [6, 6.07) is 19.5. The molecule has 0 saturated heterocycles. The van der Waals surface area contributed by atoms with Crippen LogP contribution < -0.4 is 5.32 Å². The fourth-order valence-corrected chi connectivity index (χ4v) is 2.67. The van der Waals surface area contributed by atoms with Crippen molar-refractivity contribution in [2.24, 2.45) is 0 Å². The largest absolute Gasteiger partial charge is 0.341 e. The number of amides is 1. The van der Waals surface area contributed by atoms with Crippen molar-refractivity contribution in [3.05, 3.63) is 83.2 Å². The summed E-state index contributed by atoms with van der Waals surface area (Å²) < 4.78 is 1.79. The van der Waals surface area contributed by atoms with Gasteiger partial charge in [0.15, 0.2) is 0 Å². The maximum absolute atomic E-state index is 12.5. The molecule has 0 bridgehead atoms. The van der Waals surface area contributed by atoms with E-state index in [1.54, 1.807) is 4.68 Å². The lowest BCUT2D eigenvalue weighted by atomic mass is 10.2. The molecule has 1 heterocycles. The first-order chi connectivity index (χ1) is 12.2. The van der Waals surface area contributed by atoms with Crippen LogP contribution in [0.5, 0.6) is 0 Å². The lowest BCUT2D eigenvalue weighted by Gasteiger charge is -2.05. The molecule has 2 aromatic carbocycles. The average molecular weight is 329 g/mol. The molecule has 3 aromatic rings. The molecule has 4 heteroatoms. The van der Waals surface area contributed by atoms with E-state index >= 15 is 0 Å². The molecular weight excluding hydrogens is 310 g/mol. The van der Waals surface area contributed by atoms with Gasteiger partial charge in [0.2, 0.25) is 0 Å². The summed E-state index contributed by atoms with van der Waals surface area (Å²) in [5.41, 5.74) is 3.99. The standard InChI is InChI=1S/C21H19N3O/c1-16-20(17(2)24(23-16)19-13-7-4-8-14-19)21(25)22-15-9-12-18-10-5-3-6-11-18/h3-8,10-11,13-14H,15H2,1-2H3,(H,22,25). The highest BCUT2D eigenvalue weighted by Crippen LogP contribution is 2.17. The molecule has 25 heavy (non-hydrogen) atoms. The SMILES string of the molecule is Cc1nn(-c2ccccc2)c(C)c1C(=O)NCC#Cc1ccccc1. The van der Waals surface area contributed by atoms with Crippen molar-refractivity contribution in [2.45, 2.75) is 13.8 Å². The number of benzene rings is 2. The smallest absolute Gasteiger partial charge is 0.255 e. The molecule has 0 aliphatic heterocycles. The molecule has 0 radical (unpaired) electrons. The predicted molar refractivity (Wildman–Crippen MR) is 98.7 cm³/mol. The normalized spacial score (nSPS) is 10.0. The van der Waals surface area contributed by atoms with Crippen molar-refractivity contribution in [3.63, 3.8) is 0 Å². The van der Waals surface area contributed by atoms with Gasteiger partial charge in [-0.2, -0.15) is 5.10 Å². The zero-order valence-electron chi connectivity index (χ0n) is 14.3. The van der Waals surface area contributed by atoms with Crippen molar-refractivity contribution in [2.75, 3.05) is 6.54 Å². The highest BCUT2D eigenvalue weighted by Gasteiger charge is 2.18. The Kier molecular flexibility index (Phi) is 4.96. The Morgan fingerprint density at radius 3 is 2.36 bits per heavy atom. The first-order valence-electron chi connectivity index (χ1n) is 8.10. The van der Waals surface area contributed by atoms with Crippen LogP contribution in [0.4, 0.5) is 0 Å². The van der Waals surface area contributed by atoms with E-state index in [0.717, 1.165) is 16.9 Å². The van der Waals surface area contributed by atoms with Crippen LogP contribution in [0.25, 0.3) is 5.69 Å². The van der Waals surface area contributed by atoms with E-state index in [1.807, 2.05) is 74.5 Å². The quantitative estimate of drug-likeness (QED) is 0.750. The summed E-state index contributed by atoms with van der Waals surface area (Å²) in [7, 11) is 0. The number of carbonyl (C=O) groups is 1. The number of hydrogen-bond donors (Lipinski definition) is 1. The van der Waals surface area contributed by atoms with Gasteiger partial charge in [0.1, 0.15) is 0 Å². The van der Waals surface area contributed by atoms with Crippen LogP contribution in [-0.4, -0.2) is 22.2 Å². The highest BCUT2D eigenvalue weighted by atomic mass is 16.1. The number of para-hydroxylation sites is 1. The van der Waals surface area contributed by atoms with Gasteiger partial charge < -0.3 is 5.32 Å². The highest BCUT2D eigenvalue weighted by molar-refractivity contribution is 5.96. The minimum absolute atomic E-state index is 0.153. The Balaban J connectivity index is 1.73. The van der Waals surface area contributed by atoms with Gasteiger partial charge in [-0.3, -0.25) is 4.79 Å². The van der Waals surface area contributed by atoms with Gasteiger partial charge in [0.25, 0.3) is 5.91 Å². The van der Waals surface area contributed by atoms with E-state index in [0.29, 0.717) is 17.8 Å². The molecule has 0 saturated carbocycles. The molecule has 0 fully saturated rings. The van der Waals surface area contributed by atoms with Crippen LogP contribution in [0.3, 0.4) is 0 Å². The average Bonchev–Trinajstić information content (AvgIpc) is 2.94. The lowest BCUT2D eigenvalue weighted by Crippen LogP contribution is -2.24. The van der Waals surface area contributed by atoms with Gasteiger partial charge in [-0.15, -0.1) is 0 Å². The van der Waals surface area contributed by atoms with Gasteiger partial charge in [0, 0.05) is 5.56 Å². The number of nitrogens with one attached hydrogen (secondary N) is 1. The Morgan fingerprint density at radius 1 is 1.04 bits per heavy atom. The third kappa shape index (κ3) is 3.78. The van der Waals surface area contributed by atoms with Crippen molar-refractivity contribution >= 4 is 5.91 Å². The van der Waals surface area contributed by atoms with Crippen molar-refractivity contribution in [1.29, 1.82) is 0 Å². The summed E-state index contributed by atoms with van der Waals surface area (Å²) in [5, 5.41) is 7.35. The maximum atomic E-state index is 12.5. The van der Waals surface area contributed by atoms with Crippen LogP contribution in [0.1, 0.15) is 27.3 Å². The second-order valence-corrected chi connectivity index (χ2v) is 5.64. The number of carbonyl (C=O) groups excluding carboxylic acids is 1. The Morgan fingerprint density at radius 2 is 1.68 bits per heavy atom. The van der Waals surface area contributed by atoms with Gasteiger partial charge >= 0.3 is 0 Å². The van der Waals surface area contributed by atoms with Gasteiger partial charge in [0.05, 0.1) is 29.2 Å². The van der Waals surface area contributed by atoms with Crippen molar-refractivity contribution in [1.82, 2.24) is 15.1 Å². The molecule has 1 aromatic heterocycles. The van der Waals surface area contributed by atoms with E-state index < -0.39 is 0 Å². The second kappa shape index (κ2) is 7.50. The maximum Gasteiger partial charge on any atom is 0.255 e. The molecule has 1 N–H and O–H groups in total. The fraction of sp³-hybridized carbons (Fsp3) is 0.143. The zero-order chi connectivity index (χ0) is 17.6. The summed E-state index contributed by atoms with van der Waals surface area (Å²) in [5.74, 6) is 5.84. The third-order valence-corrected chi connectivity index (χ3v) is 3.86. The number of aryl methyl sites for hydroxylation is 1. The summed E-state index contributed by atoms with van der Waals surface area (Å²) in [6.07, 6.45) is 0. The van der Waals surface area contributed by atoms with Gasteiger partial charge in [-0.25, -0.2) is 4.68 Å². The number of aromatic nitrogens is 2. The predicted octanol–water partition coefficient (Wildman–Crippen LogP) is 3.27. The van der Waals surface area contributed by atoms with Gasteiger partial charge in [-0.05, 0) is 38.1 Å². The van der Waals surface area contributed by atoms with Crippen LogP contribution in [0, 0.1) is 25.7 Å². The number of hydrogen-bond acceptors (Lipinski definition) is 2. The minimum Gasteiger partial charge on any atom is -0.341 e. The Hall–Kier alpha value is -3.32. The molecule has 0 aliphatic rings. The summed E-state index contributed by atoms with van der Waals surface area (Å²) in [6.45, 7) is 4.04. The molecular formula is C21H19N3O.